The number of hydrogen-bond acceptors (Lipinski definition) is 5. The van der Waals surface area contributed by atoms with Gasteiger partial charge in [0.05, 0.1) is 29.4 Å². The van der Waals surface area contributed by atoms with E-state index in [2.05, 4.69) is 20.8 Å². The number of fused-ring (bicyclic) bond motifs is 2. The Labute approximate surface area is 217 Å². The molecule has 3 aromatic rings. The first kappa shape index (κ1) is 27.4. The lowest BCUT2D eigenvalue weighted by atomic mass is 9.80. The smallest absolute Gasteiger partial charge is 0.371 e. The molecule has 2 bridgehead atoms. The largest absolute Gasteiger partial charge is 0.416 e. The molecule has 4 atom stereocenters. The topological polar surface area (TPSA) is 64.9 Å². The van der Waals surface area contributed by atoms with Crippen LogP contribution in [0.25, 0.3) is 0 Å². The number of nitrogens with zero attached hydrogens (tertiary/aromatic N) is 4. The Kier molecular flexibility index (Phi) is 7.12. The van der Waals surface area contributed by atoms with Crippen LogP contribution < -0.4 is 5.32 Å². The fourth-order valence-electron chi connectivity index (χ4n) is 5.71. The number of rotatable bonds is 7. The average Bonchev–Trinajstić information content (AvgIpc) is 3.45. The maximum atomic E-state index is 13.3. The predicted octanol–water partition coefficient (Wildman–Crippen LogP) is 5.70. The summed E-state index contributed by atoms with van der Waals surface area (Å²) in [5.74, 6) is -0.100. The summed E-state index contributed by atoms with van der Waals surface area (Å²) in [6.07, 6.45) is -12.0. The summed E-state index contributed by atoms with van der Waals surface area (Å²) in [6, 6.07) is 10.2. The highest BCUT2D eigenvalue weighted by atomic mass is 19.4. The summed E-state index contributed by atoms with van der Waals surface area (Å²) in [5, 5.41) is 14.8. The molecule has 2 fully saturated rings. The third-order valence-corrected chi connectivity index (χ3v) is 7.35. The highest BCUT2D eigenvalue weighted by molar-refractivity contribution is 5.35. The van der Waals surface area contributed by atoms with Gasteiger partial charge in [-0.1, -0.05) is 30.3 Å². The van der Waals surface area contributed by atoms with E-state index in [1.165, 1.54) is 0 Å². The Morgan fingerprint density at radius 1 is 0.974 bits per heavy atom. The maximum absolute atomic E-state index is 13.3. The Balaban J connectivity index is 1.46. The average molecular weight is 561 g/mol. The normalized spacial score (nSPS) is 25.4. The number of tetrazole rings is 1. The monoisotopic (exact) mass is 561 g/mol. The van der Waals surface area contributed by atoms with Gasteiger partial charge in [0.1, 0.15) is 6.54 Å². The third kappa shape index (κ3) is 5.49. The standard InChI is InChI=1S/C25H23F8N5O/c26-21(27)12-38-22(35-36-37-38)18-11-23(15-4-2-1-3-5-15)20(7-6-19(18)34-23)39-13-14-8-16(24(28,29)30)10-17(9-14)25(31,32)33/h1-5,8-10,18-21,34H,6-7,11-13H2. The van der Waals surface area contributed by atoms with Crippen LogP contribution in [-0.2, 0) is 35.8 Å². The van der Waals surface area contributed by atoms with Crippen molar-refractivity contribution in [1.29, 1.82) is 0 Å². The molecule has 2 saturated heterocycles. The van der Waals surface area contributed by atoms with Gasteiger partial charge < -0.3 is 10.1 Å². The second-order valence-corrected chi connectivity index (χ2v) is 9.80. The van der Waals surface area contributed by atoms with E-state index in [9.17, 15) is 35.1 Å². The van der Waals surface area contributed by atoms with Crippen molar-refractivity contribution < 1.29 is 39.9 Å². The summed E-state index contributed by atoms with van der Waals surface area (Å²) in [5.41, 5.74) is -3.21. The number of ether oxygens (including phenoxy) is 1. The zero-order valence-corrected chi connectivity index (χ0v) is 20.2. The molecule has 210 valence electrons. The predicted molar refractivity (Wildman–Crippen MR) is 120 cm³/mol. The molecule has 2 aromatic carbocycles. The summed E-state index contributed by atoms with van der Waals surface area (Å²) in [4.78, 5) is 0. The van der Waals surface area contributed by atoms with Crippen molar-refractivity contribution in [2.24, 2.45) is 0 Å². The highest BCUT2D eigenvalue weighted by Crippen LogP contribution is 2.50. The molecule has 0 saturated carbocycles. The number of piperidine rings is 1. The molecule has 2 aliphatic rings. The fraction of sp³-hybridized carbons (Fsp3) is 0.480. The van der Waals surface area contributed by atoms with Crippen LogP contribution in [-0.4, -0.2) is 38.8 Å². The van der Waals surface area contributed by atoms with Crippen molar-refractivity contribution in [3.63, 3.8) is 0 Å². The lowest BCUT2D eigenvalue weighted by molar-refractivity contribution is -0.143. The van der Waals surface area contributed by atoms with Gasteiger partial charge in [0.2, 0.25) is 0 Å². The molecule has 0 amide bonds. The van der Waals surface area contributed by atoms with Crippen LogP contribution in [0, 0.1) is 0 Å². The Hall–Kier alpha value is -3.13. The minimum absolute atomic E-state index is 0.0763. The quantitative estimate of drug-likeness (QED) is 0.376. The van der Waals surface area contributed by atoms with Crippen LogP contribution in [0.2, 0.25) is 0 Å². The van der Waals surface area contributed by atoms with E-state index in [-0.39, 0.29) is 29.4 Å². The molecule has 0 aliphatic carbocycles. The molecule has 4 unspecified atom stereocenters. The van der Waals surface area contributed by atoms with Gasteiger partial charge in [-0.2, -0.15) is 26.3 Å². The molecule has 3 heterocycles. The molecule has 14 heteroatoms. The van der Waals surface area contributed by atoms with Crippen LogP contribution in [0.5, 0.6) is 0 Å². The Morgan fingerprint density at radius 2 is 1.64 bits per heavy atom. The summed E-state index contributed by atoms with van der Waals surface area (Å²) in [6.45, 7) is -1.17. The van der Waals surface area contributed by atoms with Gasteiger partial charge in [0, 0.05) is 12.0 Å². The van der Waals surface area contributed by atoms with Crippen LogP contribution >= 0.6 is 0 Å². The van der Waals surface area contributed by atoms with Crippen molar-refractivity contribution in [3.8, 4) is 0 Å². The van der Waals surface area contributed by atoms with Crippen molar-refractivity contribution in [3.05, 3.63) is 76.6 Å². The van der Waals surface area contributed by atoms with E-state index in [0.29, 0.717) is 31.4 Å². The van der Waals surface area contributed by atoms with Gasteiger partial charge in [0.15, 0.2) is 5.82 Å². The summed E-state index contributed by atoms with van der Waals surface area (Å²) in [7, 11) is 0. The SMILES string of the molecule is FC(F)Cn1nnnc1C1CC2(c3ccccc3)NC1CCC2OCc1cc(C(F)(F)F)cc(C(F)(F)F)c1. The van der Waals surface area contributed by atoms with Crippen molar-refractivity contribution in [1.82, 2.24) is 25.5 Å². The number of aromatic nitrogens is 4. The van der Waals surface area contributed by atoms with Crippen LogP contribution in [0.4, 0.5) is 35.1 Å². The number of benzene rings is 2. The van der Waals surface area contributed by atoms with E-state index >= 15 is 0 Å². The van der Waals surface area contributed by atoms with Crippen LogP contribution in [0.15, 0.2) is 48.5 Å². The summed E-state index contributed by atoms with van der Waals surface area (Å²) >= 11 is 0. The van der Waals surface area contributed by atoms with Crippen molar-refractivity contribution in [2.75, 3.05) is 0 Å². The highest BCUT2D eigenvalue weighted by Gasteiger charge is 2.56. The van der Waals surface area contributed by atoms with E-state index in [1.54, 1.807) is 18.2 Å². The second kappa shape index (κ2) is 10.1. The van der Waals surface area contributed by atoms with E-state index in [0.717, 1.165) is 10.2 Å². The van der Waals surface area contributed by atoms with Crippen molar-refractivity contribution in [2.45, 2.75) is 74.8 Å². The number of alkyl halides is 8. The molecule has 0 radical (unpaired) electrons. The number of nitrogens with one attached hydrogen (secondary N) is 1. The molecule has 0 spiro atoms. The zero-order chi connectivity index (χ0) is 28.0. The van der Waals surface area contributed by atoms with E-state index in [4.69, 9.17) is 4.74 Å². The van der Waals surface area contributed by atoms with Crippen molar-refractivity contribution >= 4 is 0 Å². The fourth-order valence-corrected chi connectivity index (χ4v) is 5.71. The molecule has 39 heavy (non-hydrogen) atoms. The Morgan fingerprint density at radius 3 is 2.26 bits per heavy atom. The number of halogens is 8. The molecular weight excluding hydrogens is 538 g/mol. The zero-order valence-electron chi connectivity index (χ0n) is 20.2. The second-order valence-electron chi connectivity index (χ2n) is 9.80. The van der Waals surface area contributed by atoms with Gasteiger partial charge in [-0.05, 0) is 59.0 Å². The Bertz CT molecular complexity index is 1260. The van der Waals surface area contributed by atoms with Gasteiger partial charge in [0.25, 0.3) is 6.43 Å². The van der Waals surface area contributed by atoms with Gasteiger partial charge >= 0.3 is 12.4 Å². The van der Waals surface area contributed by atoms with E-state index in [1.807, 2.05) is 12.1 Å². The first-order chi connectivity index (χ1) is 18.4. The minimum Gasteiger partial charge on any atom is -0.371 e. The summed E-state index contributed by atoms with van der Waals surface area (Å²) < 4.78 is 113. The minimum atomic E-state index is -4.97. The maximum Gasteiger partial charge on any atom is 0.416 e. The molecule has 6 nitrogen and oxygen atoms in total. The number of hydrogen-bond donors (Lipinski definition) is 1. The first-order valence-electron chi connectivity index (χ1n) is 12.1. The van der Waals surface area contributed by atoms with Gasteiger partial charge in [-0.3, -0.25) is 0 Å². The van der Waals surface area contributed by atoms with E-state index < -0.39 is 54.7 Å². The molecule has 5 rings (SSSR count). The van der Waals surface area contributed by atoms with Gasteiger partial charge in [-0.15, -0.1) is 5.10 Å². The molecule has 1 aromatic heterocycles. The molecular formula is C25H23F8N5O. The molecule has 1 N–H and O–H groups in total. The van der Waals surface area contributed by atoms with Crippen LogP contribution in [0.3, 0.4) is 0 Å². The lowest BCUT2D eigenvalue weighted by Gasteiger charge is -2.42. The third-order valence-electron chi connectivity index (χ3n) is 7.35. The molecule has 2 aliphatic heterocycles. The first-order valence-corrected chi connectivity index (χ1v) is 12.1. The lowest BCUT2D eigenvalue weighted by Crippen LogP contribution is -2.54. The van der Waals surface area contributed by atoms with Gasteiger partial charge in [-0.25, -0.2) is 13.5 Å². The van der Waals surface area contributed by atoms with Crippen LogP contribution in [0.1, 0.15) is 53.3 Å².